The molecule has 3 aromatic carbocycles. The standard InChI is InChI=1S/C25H26/c1-5-25(16-18(4)17(2)3)22-13-9-8-12-21(22)24-20-11-7-6-10-19(20)14-15-23(24)25/h6-15,17H,4-5,16H2,1-3H3. The Morgan fingerprint density at radius 3 is 2.40 bits per heavy atom. The van der Waals surface area contributed by atoms with Gasteiger partial charge in [-0.3, -0.25) is 0 Å². The molecular weight excluding hydrogens is 300 g/mol. The van der Waals surface area contributed by atoms with E-state index in [0.717, 1.165) is 12.8 Å². The molecule has 1 unspecified atom stereocenters. The number of hydrogen-bond donors (Lipinski definition) is 0. The van der Waals surface area contributed by atoms with Gasteiger partial charge >= 0.3 is 0 Å². The van der Waals surface area contributed by atoms with E-state index in [2.05, 4.69) is 88.0 Å². The van der Waals surface area contributed by atoms with Crippen molar-refractivity contribution >= 4 is 10.8 Å². The van der Waals surface area contributed by atoms with Crippen LogP contribution in [-0.4, -0.2) is 0 Å². The third-order valence-electron chi connectivity index (χ3n) is 6.11. The lowest BCUT2D eigenvalue weighted by molar-refractivity contribution is 0.481. The smallest absolute Gasteiger partial charge is 0.0249 e. The molecule has 0 saturated heterocycles. The molecule has 0 radical (unpaired) electrons. The van der Waals surface area contributed by atoms with Crippen LogP contribution in [0.5, 0.6) is 0 Å². The maximum atomic E-state index is 4.42. The molecule has 126 valence electrons. The number of rotatable bonds is 4. The summed E-state index contributed by atoms with van der Waals surface area (Å²) >= 11 is 0. The SMILES string of the molecule is C=C(CC1(CC)c2ccccc2-c2c1ccc1ccccc21)C(C)C. The molecular formula is C25H26. The molecule has 1 atom stereocenters. The summed E-state index contributed by atoms with van der Waals surface area (Å²) in [4.78, 5) is 0. The molecule has 0 bridgehead atoms. The van der Waals surface area contributed by atoms with Crippen LogP contribution in [0.1, 0.15) is 44.7 Å². The highest BCUT2D eigenvalue weighted by Gasteiger charge is 2.42. The van der Waals surface area contributed by atoms with Gasteiger partial charge in [0, 0.05) is 5.41 Å². The van der Waals surface area contributed by atoms with E-state index in [0.29, 0.717) is 5.92 Å². The number of allylic oxidation sites excluding steroid dienone is 1. The van der Waals surface area contributed by atoms with E-state index in [1.54, 1.807) is 0 Å². The van der Waals surface area contributed by atoms with Crippen LogP contribution in [0, 0.1) is 5.92 Å². The molecule has 0 amide bonds. The molecule has 0 nitrogen and oxygen atoms in total. The predicted molar refractivity (Wildman–Crippen MR) is 109 cm³/mol. The Morgan fingerprint density at radius 1 is 0.920 bits per heavy atom. The predicted octanol–water partition coefficient (Wildman–Crippen LogP) is 7.12. The van der Waals surface area contributed by atoms with Crippen molar-refractivity contribution in [1.29, 1.82) is 0 Å². The molecule has 0 fully saturated rings. The van der Waals surface area contributed by atoms with Crippen LogP contribution in [0.2, 0.25) is 0 Å². The molecule has 0 N–H and O–H groups in total. The number of benzene rings is 3. The fraction of sp³-hybridized carbons (Fsp3) is 0.280. The van der Waals surface area contributed by atoms with Gasteiger partial charge in [0.1, 0.15) is 0 Å². The van der Waals surface area contributed by atoms with Crippen LogP contribution >= 0.6 is 0 Å². The van der Waals surface area contributed by atoms with Crippen LogP contribution in [0.15, 0.2) is 72.8 Å². The van der Waals surface area contributed by atoms with Crippen molar-refractivity contribution in [2.75, 3.05) is 0 Å². The van der Waals surface area contributed by atoms with Crippen molar-refractivity contribution in [2.24, 2.45) is 5.92 Å². The maximum Gasteiger partial charge on any atom is 0.0249 e. The van der Waals surface area contributed by atoms with Crippen molar-refractivity contribution in [1.82, 2.24) is 0 Å². The van der Waals surface area contributed by atoms with Crippen molar-refractivity contribution < 1.29 is 0 Å². The summed E-state index contributed by atoms with van der Waals surface area (Å²) in [5, 5.41) is 2.70. The molecule has 25 heavy (non-hydrogen) atoms. The first-order valence-electron chi connectivity index (χ1n) is 9.38. The summed E-state index contributed by atoms with van der Waals surface area (Å²) in [6, 6.07) is 22.4. The second-order valence-corrected chi connectivity index (χ2v) is 7.68. The van der Waals surface area contributed by atoms with E-state index >= 15 is 0 Å². The Bertz CT molecular complexity index is 961. The monoisotopic (exact) mass is 326 g/mol. The van der Waals surface area contributed by atoms with Gasteiger partial charge in [-0.15, -0.1) is 0 Å². The van der Waals surface area contributed by atoms with E-state index in [1.807, 2.05) is 0 Å². The average Bonchev–Trinajstić information content (AvgIpc) is 2.92. The van der Waals surface area contributed by atoms with E-state index in [9.17, 15) is 0 Å². The molecule has 0 heterocycles. The largest absolute Gasteiger partial charge is 0.0996 e. The third kappa shape index (κ3) is 2.28. The average molecular weight is 326 g/mol. The maximum absolute atomic E-state index is 4.42. The Labute approximate surface area is 151 Å². The fourth-order valence-corrected chi connectivity index (χ4v) is 4.51. The molecule has 0 aliphatic heterocycles. The Balaban J connectivity index is 2.05. The highest BCUT2D eigenvalue weighted by molar-refractivity contribution is 6.02. The van der Waals surface area contributed by atoms with Gasteiger partial charge in [0.2, 0.25) is 0 Å². The lowest BCUT2D eigenvalue weighted by atomic mass is 9.70. The fourth-order valence-electron chi connectivity index (χ4n) is 4.51. The topological polar surface area (TPSA) is 0 Å². The van der Waals surface area contributed by atoms with E-state index in [1.165, 1.54) is 38.6 Å². The van der Waals surface area contributed by atoms with Gasteiger partial charge in [0.25, 0.3) is 0 Å². The second-order valence-electron chi connectivity index (χ2n) is 7.68. The third-order valence-corrected chi connectivity index (χ3v) is 6.11. The van der Waals surface area contributed by atoms with Gasteiger partial charge in [-0.05, 0) is 51.8 Å². The van der Waals surface area contributed by atoms with Gasteiger partial charge in [0.15, 0.2) is 0 Å². The summed E-state index contributed by atoms with van der Waals surface area (Å²) in [6.07, 6.45) is 2.13. The quantitative estimate of drug-likeness (QED) is 0.448. The van der Waals surface area contributed by atoms with Crippen molar-refractivity contribution in [3.63, 3.8) is 0 Å². The number of hydrogen-bond acceptors (Lipinski definition) is 0. The molecule has 4 rings (SSSR count). The van der Waals surface area contributed by atoms with Crippen LogP contribution in [0.25, 0.3) is 21.9 Å². The zero-order valence-electron chi connectivity index (χ0n) is 15.5. The summed E-state index contributed by atoms with van der Waals surface area (Å²) < 4.78 is 0. The lowest BCUT2D eigenvalue weighted by Crippen LogP contribution is -2.25. The summed E-state index contributed by atoms with van der Waals surface area (Å²) in [5.41, 5.74) is 7.21. The molecule has 1 aliphatic carbocycles. The van der Waals surface area contributed by atoms with Crippen molar-refractivity contribution in [2.45, 2.75) is 39.0 Å². The van der Waals surface area contributed by atoms with Gasteiger partial charge in [0.05, 0.1) is 0 Å². The minimum Gasteiger partial charge on any atom is -0.0996 e. The Hall–Kier alpha value is -2.34. The first-order valence-corrected chi connectivity index (χ1v) is 9.38. The number of fused-ring (bicyclic) bond motifs is 5. The van der Waals surface area contributed by atoms with Gasteiger partial charge in [-0.25, -0.2) is 0 Å². The summed E-state index contributed by atoms with van der Waals surface area (Å²) in [5.74, 6) is 0.514. The molecule has 0 heteroatoms. The Kier molecular flexibility index (Phi) is 3.80. The Morgan fingerprint density at radius 2 is 1.64 bits per heavy atom. The van der Waals surface area contributed by atoms with Crippen LogP contribution < -0.4 is 0 Å². The van der Waals surface area contributed by atoms with Gasteiger partial charge in [-0.2, -0.15) is 0 Å². The zero-order valence-corrected chi connectivity index (χ0v) is 15.5. The van der Waals surface area contributed by atoms with Crippen LogP contribution in [0.4, 0.5) is 0 Å². The summed E-state index contributed by atoms with van der Waals surface area (Å²) in [7, 11) is 0. The molecule has 3 aromatic rings. The first kappa shape index (κ1) is 16.1. The zero-order chi connectivity index (χ0) is 17.6. The van der Waals surface area contributed by atoms with Crippen molar-refractivity contribution in [3.05, 3.63) is 83.9 Å². The summed E-state index contributed by atoms with van der Waals surface area (Å²) in [6.45, 7) is 11.3. The minimum absolute atomic E-state index is 0.0529. The molecule has 0 aromatic heterocycles. The van der Waals surface area contributed by atoms with Crippen LogP contribution in [0.3, 0.4) is 0 Å². The minimum atomic E-state index is 0.0529. The van der Waals surface area contributed by atoms with E-state index in [-0.39, 0.29) is 5.41 Å². The highest BCUT2D eigenvalue weighted by Crippen LogP contribution is 2.55. The second kappa shape index (κ2) is 5.88. The van der Waals surface area contributed by atoms with E-state index < -0.39 is 0 Å². The van der Waals surface area contributed by atoms with E-state index in [4.69, 9.17) is 0 Å². The van der Waals surface area contributed by atoms with Crippen LogP contribution in [-0.2, 0) is 5.41 Å². The highest BCUT2D eigenvalue weighted by atomic mass is 14.4. The lowest BCUT2D eigenvalue weighted by Gasteiger charge is -2.33. The first-order chi connectivity index (χ1) is 12.1. The molecule has 0 spiro atoms. The normalized spacial score (nSPS) is 18.4. The molecule has 0 saturated carbocycles. The van der Waals surface area contributed by atoms with Crippen molar-refractivity contribution in [3.8, 4) is 11.1 Å². The van der Waals surface area contributed by atoms with Gasteiger partial charge < -0.3 is 0 Å². The van der Waals surface area contributed by atoms with Gasteiger partial charge in [-0.1, -0.05) is 93.6 Å². The molecule has 1 aliphatic rings.